The van der Waals surface area contributed by atoms with E-state index in [2.05, 4.69) is 37.1 Å². The standard InChI is InChI=1S/C27H35N3O3S2/c1-19-17-20(2)26(29-14-9-10-15-29)21(3)25(19)28-22(4)27-24(13-16-34-27)35(31,32)30(18-33-5)23-11-7-6-8-12-23/h6-8,11-13,16-17,22,28H,9-10,14-15,18H2,1-5H3. The van der Waals surface area contributed by atoms with E-state index in [1.807, 2.05) is 30.5 Å². The van der Waals surface area contributed by atoms with Crippen LogP contribution in [-0.4, -0.2) is 35.3 Å². The van der Waals surface area contributed by atoms with Crippen LogP contribution >= 0.6 is 11.3 Å². The summed E-state index contributed by atoms with van der Waals surface area (Å²) in [4.78, 5) is 3.57. The van der Waals surface area contributed by atoms with Crippen LogP contribution in [0.3, 0.4) is 0 Å². The van der Waals surface area contributed by atoms with Crippen molar-refractivity contribution < 1.29 is 13.2 Å². The Morgan fingerprint density at radius 3 is 2.43 bits per heavy atom. The van der Waals surface area contributed by atoms with Crippen molar-refractivity contribution in [3.8, 4) is 0 Å². The summed E-state index contributed by atoms with van der Waals surface area (Å²) in [5.74, 6) is 0. The van der Waals surface area contributed by atoms with Gasteiger partial charge in [-0.3, -0.25) is 0 Å². The number of aryl methyl sites for hydroxylation is 2. The molecule has 0 bridgehead atoms. The number of sulfonamides is 1. The molecule has 0 saturated carbocycles. The van der Waals surface area contributed by atoms with Crippen LogP contribution in [0.15, 0.2) is 52.7 Å². The van der Waals surface area contributed by atoms with Crippen molar-refractivity contribution >= 4 is 38.4 Å². The van der Waals surface area contributed by atoms with Crippen molar-refractivity contribution in [1.82, 2.24) is 0 Å². The van der Waals surface area contributed by atoms with Gasteiger partial charge in [0.05, 0.1) is 11.7 Å². The summed E-state index contributed by atoms with van der Waals surface area (Å²) in [6.45, 7) is 10.6. The lowest BCUT2D eigenvalue weighted by Crippen LogP contribution is -2.33. The Hall–Kier alpha value is -2.55. The normalized spacial score (nSPS) is 14.8. The van der Waals surface area contributed by atoms with Gasteiger partial charge in [0.2, 0.25) is 0 Å². The predicted molar refractivity (Wildman–Crippen MR) is 146 cm³/mol. The summed E-state index contributed by atoms with van der Waals surface area (Å²) in [5.41, 5.74) is 6.64. The number of rotatable bonds is 9. The molecule has 35 heavy (non-hydrogen) atoms. The van der Waals surface area contributed by atoms with Crippen LogP contribution in [0.4, 0.5) is 17.1 Å². The van der Waals surface area contributed by atoms with E-state index in [1.54, 1.807) is 18.2 Å². The second kappa shape index (κ2) is 10.6. The third-order valence-corrected chi connectivity index (χ3v) is 9.66. The third-order valence-electron chi connectivity index (χ3n) is 6.62. The van der Waals surface area contributed by atoms with Gasteiger partial charge >= 0.3 is 0 Å². The van der Waals surface area contributed by atoms with Gasteiger partial charge in [0.25, 0.3) is 10.0 Å². The molecule has 8 heteroatoms. The van der Waals surface area contributed by atoms with E-state index in [0.717, 1.165) is 23.7 Å². The molecule has 2 aromatic carbocycles. The Labute approximate surface area is 213 Å². The van der Waals surface area contributed by atoms with Crippen LogP contribution < -0.4 is 14.5 Å². The summed E-state index contributed by atoms with van der Waals surface area (Å²) in [5, 5.41) is 5.51. The summed E-state index contributed by atoms with van der Waals surface area (Å²) in [6, 6.07) is 12.8. The molecule has 2 heterocycles. The number of anilines is 3. The Balaban J connectivity index is 1.68. The third kappa shape index (κ3) is 5.06. The molecule has 188 valence electrons. The Morgan fingerprint density at radius 2 is 1.77 bits per heavy atom. The van der Waals surface area contributed by atoms with Crippen LogP contribution in [0.1, 0.15) is 47.4 Å². The zero-order chi connectivity index (χ0) is 25.2. The highest BCUT2D eigenvalue weighted by Gasteiger charge is 2.30. The number of thiophene rings is 1. The first-order chi connectivity index (χ1) is 16.8. The van der Waals surface area contributed by atoms with Gasteiger partial charge < -0.3 is 15.0 Å². The molecule has 1 unspecified atom stereocenters. The first kappa shape index (κ1) is 25.5. The van der Waals surface area contributed by atoms with Gasteiger partial charge in [0.15, 0.2) is 0 Å². The van der Waals surface area contributed by atoms with Crippen molar-refractivity contribution in [2.24, 2.45) is 0 Å². The minimum atomic E-state index is -3.82. The van der Waals surface area contributed by atoms with Gasteiger partial charge in [-0.1, -0.05) is 24.3 Å². The second-order valence-electron chi connectivity index (χ2n) is 9.18. The SMILES string of the molecule is COCN(c1ccccc1)S(=O)(=O)c1ccsc1C(C)Nc1c(C)cc(C)c(N2CCCC2)c1C. The molecule has 1 fully saturated rings. The highest BCUT2D eigenvalue weighted by atomic mass is 32.2. The van der Waals surface area contributed by atoms with E-state index in [0.29, 0.717) is 10.6 Å². The largest absolute Gasteiger partial charge is 0.377 e. The lowest BCUT2D eigenvalue weighted by molar-refractivity contribution is 0.209. The topological polar surface area (TPSA) is 61.9 Å². The second-order valence-corrected chi connectivity index (χ2v) is 12.0. The van der Waals surface area contributed by atoms with Crippen molar-refractivity contribution in [3.63, 3.8) is 0 Å². The maximum absolute atomic E-state index is 13.8. The first-order valence-electron chi connectivity index (χ1n) is 12.0. The fraction of sp³-hybridized carbons (Fsp3) is 0.407. The lowest BCUT2D eigenvalue weighted by Gasteiger charge is -2.28. The summed E-state index contributed by atoms with van der Waals surface area (Å²) in [7, 11) is -2.31. The highest BCUT2D eigenvalue weighted by Crippen LogP contribution is 2.39. The molecule has 1 aliphatic rings. The number of nitrogens with one attached hydrogen (secondary N) is 1. The van der Waals surface area contributed by atoms with Gasteiger partial charge in [-0.15, -0.1) is 11.3 Å². The maximum Gasteiger partial charge on any atom is 0.267 e. The fourth-order valence-corrected chi connectivity index (χ4v) is 7.95. The minimum absolute atomic E-state index is 0.0567. The average molecular weight is 514 g/mol. The van der Waals surface area contributed by atoms with E-state index in [4.69, 9.17) is 4.74 Å². The van der Waals surface area contributed by atoms with Crippen LogP contribution in [0, 0.1) is 20.8 Å². The summed E-state index contributed by atoms with van der Waals surface area (Å²) >= 11 is 1.46. The minimum Gasteiger partial charge on any atom is -0.377 e. The molecular formula is C27H35N3O3S2. The van der Waals surface area contributed by atoms with Crippen LogP contribution in [-0.2, 0) is 14.8 Å². The van der Waals surface area contributed by atoms with Crippen molar-refractivity contribution in [3.05, 3.63) is 69.4 Å². The van der Waals surface area contributed by atoms with Gasteiger partial charge in [-0.05, 0) is 80.8 Å². The number of ether oxygens (including phenoxy) is 1. The van der Waals surface area contributed by atoms with E-state index in [1.165, 1.54) is 58.0 Å². The molecule has 1 aliphatic heterocycles. The van der Waals surface area contributed by atoms with E-state index in [9.17, 15) is 8.42 Å². The van der Waals surface area contributed by atoms with Crippen molar-refractivity contribution in [2.45, 2.75) is 51.5 Å². The van der Waals surface area contributed by atoms with E-state index in [-0.39, 0.29) is 12.8 Å². The van der Waals surface area contributed by atoms with Crippen molar-refractivity contribution in [1.29, 1.82) is 0 Å². The summed E-state index contributed by atoms with van der Waals surface area (Å²) in [6.07, 6.45) is 2.45. The Bertz CT molecular complexity index is 1270. The van der Waals surface area contributed by atoms with E-state index < -0.39 is 10.0 Å². The molecule has 4 rings (SSSR count). The molecule has 1 saturated heterocycles. The lowest BCUT2D eigenvalue weighted by atomic mass is 10.00. The van der Waals surface area contributed by atoms with Crippen LogP contribution in [0.2, 0.25) is 0 Å². The molecule has 6 nitrogen and oxygen atoms in total. The van der Waals surface area contributed by atoms with Gasteiger partial charge in [0, 0.05) is 36.5 Å². The number of nitrogens with zero attached hydrogens (tertiary/aromatic N) is 2. The molecule has 0 amide bonds. The zero-order valence-corrected chi connectivity index (χ0v) is 22.8. The average Bonchev–Trinajstić information content (AvgIpc) is 3.53. The molecule has 1 N–H and O–H groups in total. The Morgan fingerprint density at radius 1 is 1.09 bits per heavy atom. The number of methoxy groups -OCH3 is 1. The first-order valence-corrected chi connectivity index (χ1v) is 14.3. The smallest absolute Gasteiger partial charge is 0.267 e. The van der Waals surface area contributed by atoms with E-state index >= 15 is 0 Å². The fourth-order valence-electron chi connectivity index (χ4n) is 5.06. The monoisotopic (exact) mass is 513 g/mol. The quantitative estimate of drug-likeness (QED) is 0.343. The molecule has 3 aromatic rings. The number of benzene rings is 2. The molecule has 1 aromatic heterocycles. The predicted octanol–water partition coefficient (Wildman–Crippen LogP) is 6.25. The molecule has 0 aliphatic carbocycles. The highest BCUT2D eigenvalue weighted by molar-refractivity contribution is 7.93. The number of hydrogen-bond donors (Lipinski definition) is 1. The molecule has 0 spiro atoms. The molecule has 1 atom stereocenters. The van der Waals surface area contributed by atoms with Gasteiger partial charge in [-0.2, -0.15) is 0 Å². The summed E-state index contributed by atoms with van der Waals surface area (Å²) < 4.78 is 34.2. The van der Waals surface area contributed by atoms with Crippen molar-refractivity contribution in [2.75, 3.05) is 41.5 Å². The Kier molecular flexibility index (Phi) is 7.73. The molecular weight excluding hydrogens is 478 g/mol. The zero-order valence-electron chi connectivity index (χ0n) is 21.2. The van der Waals surface area contributed by atoms with Crippen LogP contribution in [0.5, 0.6) is 0 Å². The molecule has 0 radical (unpaired) electrons. The van der Waals surface area contributed by atoms with Gasteiger partial charge in [0.1, 0.15) is 11.6 Å². The van der Waals surface area contributed by atoms with Crippen LogP contribution in [0.25, 0.3) is 0 Å². The number of hydrogen-bond acceptors (Lipinski definition) is 6. The van der Waals surface area contributed by atoms with Gasteiger partial charge in [-0.25, -0.2) is 12.7 Å². The maximum atomic E-state index is 13.8. The number of para-hydroxylation sites is 1.